The maximum absolute atomic E-state index is 13.9. The second kappa shape index (κ2) is 16.6. The van der Waals surface area contributed by atoms with Crippen molar-refractivity contribution in [1.29, 1.82) is 0 Å². The van der Waals surface area contributed by atoms with Crippen LogP contribution in [0, 0.1) is 11.7 Å². The fourth-order valence-corrected chi connectivity index (χ4v) is 5.82. The largest absolute Gasteiger partial charge is 0.497 e. The Morgan fingerprint density at radius 1 is 0.830 bits per heavy atom. The minimum Gasteiger partial charge on any atom is -0.497 e. The van der Waals surface area contributed by atoms with E-state index in [1.165, 1.54) is 41.3 Å². The number of hydrogen-bond acceptors (Lipinski definition) is 6. The Balaban J connectivity index is 1.53. The molecule has 0 aromatic heterocycles. The van der Waals surface area contributed by atoms with E-state index in [4.69, 9.17) is 9.47 Å². The number of carbonyl (C=O) groups is 2. The van der Waals surface area contributed by atoms with Crippen molar-refractivity contribution in [1.82, 2.24) is 10.2 Å². The molecule has 248 valence electrons. The number of methoxy groups -OCH3 is 1. The number of anilines is 1. The van der Waals surface area contributed by atoms with Crippen molar-refractivity contribution in [3.8, 4) is 11.5 Å². The predicted molar refractivity (Wildman–Crippen MR) is 179 cm³/mol. The first kappa shape index (κ1) is 35.0. The molecule has 9 nitrogen and oxygen atoms in total. The van der Waals surface area contributed by atoms with Crippen LogP contribution in [0.15, 0.2) is 108 Å². The Bertz CT molecular complexity index is 1700. The van der Waals surface area contributed by atoms with Gasteiger partial charge in [0.2, 0.25) is 5.91 Å². The minimum atomic E-state index is -3.95. The van der Waals surface area contributed by atoms with Crippen LogP contribution in [0.5, 0.6) is 11.5 Å². The molecule has 0 unspecified atom stereocenters. The number of hydrogen-bond donors (Lipinski definition) is 2. The van der Waals surface area contributed by atoms with Crippen LogP contribution in [-0.2, 0) is 32.6 Å². The molecule has 4 rings (SSSR count). The van der Waals surface area contributed by atoms with Crippen LogP contribution in [0.4, 0.5) is 10.1 Å². The van der Waals surface area contributed by atoms with Gasteiger partial charge in [-0.1, -0.05) is 56.3 Å². The molecule has 0 fully saturated rings. The molecule has 0 saturated heterocycles. The van der Waals surface area contributed by atoms with Crippen LogP contribution in [-0.4, -0.2) is 51.4 Å². The number of ether oxygens (including phenoxy) is 2. The predicted octanol–water partition coefficient (Wildman–Crippen LogP) is 5.82. The van der Waals surface area contributed by atoms with Crippen molar-refractivity contribution in [2.24, 2.45) is 5.92 Å². The maximum Gasteiger partial charge on any atom is 0.261 e. The van der Waals surface area contributed by atoms with E-state index in [2.05, 4.69) is 23.9 Å². The molecular formula is C36H40FN3O6S. The van der Waals surface area contributed by atoms with Gasteiger partial charge in [0.05, 0.1) is 12.0 Å². The lowest BCUT2D eigenvalue weighted by Gasteiger charge is -2.31. The quantitative estimate of drug-likeness (QED) is 0.157. The highest BCUT2D eigenvalue weighted by Crippen LogP contribution is 2.21. The first-order valence-electron chi connectivity index (χ1n) is 15.3. The first-order chi connectivity index (χ1) is 22.5. The average Bonchev–Trinajstić information content (AvgIpc) is 3.07. The van der Waals surface area contributed by atoms with Crippen molar-refractivity contribution in [2.45, 2.75) is 44.2 Å². The number of sulfonamides is 1. The summed E-state index contributed by atoms with van der Waals surface area (Å²) in [6, 6.07) is 26.5. The highest BCUT2D eigenvalue weighted by Gasteiger charge is 2.30. The summed E-state index contributed by atoms with van der Waals surface area (Å²) in [4.78, 5) is 29.0. The number of amides is 2. The third-order valence-electron chi connectivity index (χ3n) is 7.40. The van der Waals surface area contributed by atoms with Gasteiger partial charge in [-0.2, -0.15) is 0 Å². The van der Waals surface area contributed by atoms with E-state index in [0.717, 1.165) is 29.7 Å². The average molecular weight is 662 g/mol. The van der Waals surface area contributed by atoms with Gasteiger partial charge in [0.15, 0.2) is 6.61 Å². The van der Waals surface area contributed by atoms with E-state index in [1.54, 1.807) is 19.2 Å². The Kier molecular flexibility index (Phi) is 12.3. The maximum atomic E-state index is 13.9. The van der Waals surface area contributed by atoms with E-state index in [9.17, 15) is 22.4 Å². The van der Waals surface area contributed by atoms with E-state index >= 15 is 0 Å². The molecule has 0 aliphatic carbocycles. The van der Waals surface area contributed by atoms with Gasteiger partial charge in [-0.3, -0.25) is 14.3 Å². The molecule has 0 heterocycles. The second-order valence-corrected chi connectivity index (χ2v) is 13.1. The van der Waals surface area contributed by atoms with Crippen molar-refractivity contribution in [3.05, 3.63) is 120 Å². The molecule has 2 N–H and O–H groups in total. The van der Waals surface area contributed by atoms with Crippen molar-refractivity contribution >= 4 is 27.5 Å². The molecule has 47 heavy (non-hydrogen) atoms. The Hall–Kier alpha value is -4.90. The zero-order valence-electron chi connectivity index (χ0n) is 26.7. The summed E-state index contributed by atoms with van der Waals surface area (Å²) in [5.74, 6) is 0.165. The molecule has 0 radical (unpaired) electrons. The Labute approximate surface area is 275 Å². The topological polar surface area (TPSA) is 114 Å². The van der Waals surface area contributed by atoms with Crippen LogP contribution < -0.4 is 19.5 Å². The second-order valence-electron chi connectivity index (χ2n) is 11.4. The van der Waals surface area contributed by atoms with Crippen molar-refractivity contribution < 1.29 is 31.9 Å². The molecule has 2 amide bonds. The van der Waals surface area contributed by atoms with Gasteiger partial charge >= 0.3 is 0 Å². The van der Waals surface area contributed by atoms with Crippen LogP contribution in [0.3, 0.4) is 0 Å². The number of nitrogens with one attached hydrogen (secondary N) is 2. The Morgan fingerprint density at radius 2 is 1.47 bits per heavy atom. The number of halogens is 1. The molecule has 4 aromatic carbocycles. The van der Waals surface area contributed by atoms with Gasteiger partial charge in [0.1, 0.15) is 23.4 Å². The monoisotopic (exact) mass is 661 g/mol. The summed E-state index contributed by atoms with van der Waals surface area (Å²) in [7, 11) is -2.37. The number of rotatable bonds is 16. The lowest BCUT2D eigenvalue weighted by molar-refractivity contribution is -0.142. The van der Waals surface area contributed by atoms with Crippen LogP contribution in [0.25, 0.3) is 0 Å². The number of benzene rings is 4. The normalized spacial score (nSPS) is 11.9. The van der Waals surface area contributed by atoms with Gasteiger partial charge in [0, 0.05) is 25.2 Å². The van der Waals surface area contributed by atoms with Crippen LogP contribution in [0.1, 0.15) is 31.4 Å². The summed E-state index contributed by atoms with van der Waals surface area (Å²) in [6.45, 7) is 4.39. The summed E-state index contributed by atoms with van der Waals surface area (Å²) < 4.78 is 52.3. The molecule has 0 bridgehead atoms. The van der Waals surface area contributed by atoms with Gasteiger partial charge < -0.3 is 19.7 Å². The highest BCUT2D eigenvalue weighted by atomic mass is 32.2. The van der Waals surface area contributed by atoms with E-state index in [1.807, 2.05) is 42.5 Å². The number of carbonyl (C=O) groups excluding carboxylic acids is 2. The van der Waals surface area contributed by atoms with E-state index < -0.39 is 27.8 Å². The fraction of sp³-hybridized carbons (Fsp3) is 0.278. The summed E-state index contributed by atoms with van der Waals surface area (Å²) in [5, 5.41) is 3.01. The molecule has 4 aromatic rings. The standard InChI is InChI=1S/C36H40FN3O6S/c1-26(2)21-22-38-36(42)34(23-27-7-5-4-6-8-27)40(24-28-9-15-31(45-3)16-10-28)35(41)25-46-32-17-19-33(20-18-32)47(43,44)39-30-13-11-29(37)12-14-30/h4-20,26,34,39H,21-25H2,1-3H3,(H,38,42)/t34-/m0/s1. The fourth-order valence-electron chi connectivity index (χ4n) is 4.76. The first-order valence-corrected chi connectivity index (χ1v) is 16.8. The lowest BCUT2D eigenvalue weighted by atomic mass is 10.0. The summed E-state index contributed by atoms with van der Waals surface area (Å²) in [5.41, 5.74) is 1.92. The van der Waals surface area contributed by atoms with Gasteiger partial charge in [-0.05, 0) is 84.1 Å². The Morgan fingerprint density at radius 3 is 2.09 bits per heavy atom. The SMILES string of the molecule is COc1ccc(CN(C(=O)COc2ccc(S(=O)(=O)Nc3ccc(F)cc3)cc2)[C@@H](Cc2ccccc2)C(=O)NCCC(C)C)cc1. The van der Waals surface area contributed by atoms with Crippen LogP contribution in [0.2, 0.25) is 0 Å². The molecule has 0 aliphatic rings. The van der Waals surface area contributed by atoms with Gasteiger partial charge in [-0.15, -0.1) is 0 Å². The molecule has 11 heteroatoms. The molecule has 0 aliphatic heterocycles. The third-order valence-corrected chi connectivity index (χ3v) is 8.79. The van der Waals surface area contributed by atoms with Crippen molar-refractivity contribution in [2.75, 3.05) is 25.0 Å². The summed E-state index contributed by atoms with van der Waals surface area (Å²) >= 11 is 0. The highest BCUT2D eigenvalue weighted by molar-refractivity contribution is 7.92. The minimum absolute atomic E-state index is 0.0392. The summed E-state index contributed by atoms with van der Waals surface area (Å²) in [6.07, 6.45) is 1.09. The molecule has 0 spiro atoms. The van der Waals surface area contributed by atoms with E-state index in [0.29, 0.717) is 24.6 Å². The zero-order chi connectivity index (χ0) is 33.8. The smallest absolute Gasteiger partial charge is 0.261 e. The third kappa shape index (κ3) is 10.6. The molecular weight excluding hydrogens is 621 g/mol. The van der Waals surface area contributed by atoms with Crippen LogP contribution >= 0.6 is 0 Å². The lowest BCUT2D eigenvalue weighted by Crippen LogP contribution is -2.52. The van der Waals surface area contributed by atoms with Crippen molar-refractivity contribution in [3.63, 3.8) is 0 Å². The van der Waals surface area contributed by atoms with E-state index in [-0.39, 0.29) is 35.4 Å². The van der Waals surface area contributed by atoms with Gasteiger partial charge in [-0.25, -0.2) is 12.8 Å². The molecule has 0 saturated carbocycles. The van der Waals surface area contributed by atoms with Gasteiger partial charge in [0.25, 0.3) is 15.9 Å². The molecule has 1 atom stereocenters. The zero-order valence-corrected chi connectivity index (χ0v) is 27.5. The number of nitrogens with zero attached hydrogens (tertiary/aromatic N) is 1.